The fourth-order valence-electron chi connectivity index (χ4n) is 1.98. The molecule has 1 atom stereocenters. The standard InChI is InChI=1S/C16H18ClFN2O.2ClH/c1-3-13(19)11-5-6-12(17)16(15(11)18)21-10-4-7-14(20)9(2)8-10;;/h4-8,13H,3,19-20H2,1-2H3;2*1H/t13-;;/m1../s1. The summed E-state index contributed by atoms with van der Waals surface area (Å²) in [5.74, 6) is -0.0571. The van der Waals surface area contributed by atoms with Gasteiger partial charge in [0.15, 0.2) is 11.6 Å². The molecule has 2 aromatic carbocycles. The summed E-state index contributed by atoms with van der Waals surface area (Å²) in [6.45, 7) is 3.74. The molecule has 0 heterocycles. The fourth-order valence-corrected chi connectivity index (χ4v) is 2.16. The van der Waals surface area contributed by atoms with Crippen molar-refractivity contribution in [2.24, 2.45) is 5.73 Å². The number of nitrogens with two attached hydrogens (primary N) is 2. The van der Waals surface area contributed by atoms with E-state index in [1.54, 1.807) is 30.3 Å². The van der Waals surface area contributed by atoms with Gasteiger partial charge in [0.2, 0.25) is 0 Å². The zero-order valence-corrected chi connectivity index (χ0v) is 15.2. The summed E-state index contributed by atoms with van der Waals surface area (Å²) in [5, 5.41) is 0.203. The Bertz CT molecular complexity index is 668. The number of nitrogen functional groups attached to an aromatic ring is 1. The van der Waals surface area contributed by atoms with Gasteiger partial charge < -0.3 is 16.2 Å². The second-order valence-corrected chi connectivity index (χ2v) is 5.32. The summed E-state index contributed by atoms with van der Waals surface area (Å²) in [6, 6.07) is 7.90. The van der Waals surface area contributed by atoms with Crippen LogP contribution in [0.4, 0.5) is 10.1 Å². The van der Waals surface area contributed by atoms with Gasteiger partial charge in [-0.05, 0) is 43.2 Å². The van der Waals surface area contributed by atoms with Gasteiger partial charge in [0.05, 0.1) is 5.02 Å². The highest BCUT2D eigenvalue weighted by molar-refractivity contribution is 6.32. The maximum atomic E-state index is 14.5. The molecule has 128 valence electrons. The minimum atomic E-state index is -0.522. The third kappa shape index (κ3) is 4.88. The molecule has 4 N–H and O–H groups in total. The van der Waals surface area contributed by atoms with Crippen molar-refractivity contribution in [2.75, 3.05) is 5.73 Å². The van der Waals surface area contributed by atoms with Gasteiger partial charge in [-0.1, -0.05) is 24.6 Å². The van der Waals surface area contributed by atoms with E-state index in [1.807, 2.05) is 13.8 Å². The van der Waals surface area contributed by atoms with Crippen LogP contribution in [0.2, 0.25) is 5.02 Å². The first-order chi connectivity index (χ1) is 9.93. The van der Waals surface area contributed by atoms with Crippen molar-refractivity contribution in [1.29, 1.82) is 0 Å². The predicted molar refractivity (Wildman–Crippen MR) is 98.8 cm³/mol. The summed E-state index contributed by atoms with van der Waals surface area (Å²) >= 11 is 6.04. The molecule has 0 saturated heterocycles. The second kappa shape index (κ2) is 9.18. The Hall–Kier alpha value is -1.20. The molecule has 0 fully saturated rings. The predicted octanol–water partition coefficient (Wildman–Crippen LogP) is 5.42. The highest BCUT2D eigenvalue weighted by Gasteiger charge is 2.18. The van der Waals surface area contributed by atoms with Crippen LogP contribution in [0.1, 0.15) is 30.5 Å². The Morgan fingerprint density at radius 2 is 1.87 bits per heavy atom. The SMILES string of the molecule is CC[C@@H](N)c1ccc(Cl)c(Oc2ccc(N)c(C)c2)c1F.Cl.Cl. The van der Waals surface area contributed by atoms with Crippen molar-refractivity contribution in [3.63, 3.8) is 0 Å². The van der Waals surface area contributed by atoms with Crippen LogP contribution in [0.5, 0.6) is 11.5 Å². The summed E-state index contributed by atoms with van der Waals surface area (Å²) in [5.41, 5.74) is 13.5. The lowest BCUT2D eigenvalue weighted by Crippen LogP contribution is -2.11. The van der Waals surface area contributed by atoms with Gasteiger partial charge in [0.1, 0.15) is 5.75 Å². The van der Waals surface area contributed by atoms with Crippen molar-refractivity contribution in [2.45, 2.75) is 26.3 Å². The third-order valence-electron chi connectivity index (χ3n) is 3.38. The minimum Gasteiger partial charge on any atom is -0.453 e. The average molecular weight is 382 g/mol. The molecule has 2 rings (SSSR count). The van der Waals surface area contributed by atoms with E-state index in [4.69, 9.17) is 27.8 Å². The molecule has 2 aromatic rings. The van der Waals surface area contributed by atoms with E-state index in [2.05, 4.69) is 0 Å². The lowest BCUT2D eigenvalue weighted by atomic mass is 10.0. The van der Waals surface area contributed by atoms with E-state index < -0.39 is 11.9 Å². The van der Waals surface area contributed by atoms with Gasteiger partial charge in [-0.15, -0.1) is 24.8 Å². The first-order valence-corrected chi connectivity index (χ1v) is 7.09. The molecule has 0 amide bonds. The number of rotatable bonds is 4. The van der Waals surface area contributed by atoms with Crippen molar-refractivity contribution >= 4 is 42.1 Å². The minimum absolute atomic E-state index is 0. The molecule has 0 bridgehead atoms. The molecule has 0 aliphatic heterocycles. The van der Waals surface area contributed by atoms with Gasteiger partial charge in [0.25, 0.3) is 0 Å². The number of halogens is 4. The van der Waals surface area contributed by atoms with Crippen LogP contribution < -0.4 is 16.2 Å². The average Bonchev–Trinajstić information content (AvgIpc) is 2.46. The van der Waals surface area contributed by atoms with Gasteiger partial charge in [-0.25, -0.2) is 4.39 Å². The van der Waals surface area contributed by atoms with Gasteiger partial charge in [-0.2, -0.15) is 0 Å². The second-order valence-electron chi connectivity index (χ2n) is 4.91. The molecule has 0 aliphatic carbocycles. The first-order valence-electron chi connectivity index (χ1n) is 6.71. The summed E-state index contributed by atoms with van der Waals surface area (Å²) < 4.78 is 20.1. The quantitative estimate of drug-likeness (QED) is 0.695. The molecule has 0 aliphatic rings. The molecule has 0 aromatic heterocycles. The molecule has 0 unspecified atom stereocenters. The van der Waals surface area contributed by atoms with Crippen LogP contribution in [-0.4, -0.2) is 0 Å². The number of benzene rings is 2. The number of ether oxygens (including phenoxy) is 1. The monoisotopic (exact) mass is 380 g/mol. The van der Waals surface area contributed by atoms with Crippen molar-refractivity contribution < 1.29 is 9.13 Å². The maximum absolute atomic E-state index is 14.5. The highest BCUT2D eigenvalue weighted by Crippen LogP contribution is 2.36. The third-order valence-corrected chi connectivity index (χ3v) is 3.68. The Balaban J connectivity index is 0.00000242. The Morgan fingerprint density at radius 1 is 1.22 bits per heavy atom. The van der Waals surface area contributed by atoms with E-state index in [9.17, 15) is 4.39 Å². The maximum Gasteiger partial charge on any atom is 0.181 e. The Labute approximate surface area is 153 Å². The van der Waals surface area contributed by atoms with Crippen molar-refractivity contribution in [3.05, 3.63) is 52.3 Å². The molecule has 23 heavy (non-hydrogen) atoms. The topological polar surface area (TPSA) is 61.3 Å². The summed E-state index contributed by atoms with van der Waals surface area (Å²) in [6.07, 6.45) is 0.624. The molecule has 0 spiro atoms. The van der Waals surface area contributed by atoms with E-state index >= 15 is 0 Å². The van der Waals surface area contributed by atoms with Crippen LogP contribution in [0.3, 0.4) is 0 Å². The van der Waals surface area contributed by atoms with Crippen LogP contribution >= 0.6 is 36.4 Å². The van der Waals surface area contributed by atoms with E-state index in [0.717, 1.165) is 5.56 Å². The van der Waals surface area contributed by atoms with E-state index in [1.165, 1.54) is 0 Å². The van der Waals surface area contributed by atoms with Crippen LogP contribution in [-0.2, 0) is 0 Å². The van der Waals surface area contributed by atoms with Gasteiger partial charge in [-0.3, -0.25) is 0 Å². The summed E-state index contributed by atoms with van der Waals surface area (Å²) in [4.78, 5) is 0. The molecule has 0 radical (unpaired) electrons. The lowest BCUT2D eigenvalue weighted by molar-refractivity contribution is 0.434. The Morgan fingerprint density at radius 3 is 2.43 bits per heavy atom. The molecular formula is C16H20Cl3FN2O. The van der Waals surface area contributed by atoms with Crippen molar-refractivity contribution in [1.82, 2.24) is 0 Å². The Kier molecular flexibility index (Phi) is 8.70. The molecular weight excluding hydrogens is 362 g/mol. The van der Waals surface area contributed by atoms with Gasteiger partial charge >= 0.3 is 0 Å². The fraction of sp³-hybridized carbons (Fsp3) is 0.250. The van der Waals surface area contributed by atoms with Crippen molar-refractivity contribution in [3.8, 4) is 11.5 Å². The van der Waals surface area contributed by atoms with Gasteiger partial charge in [0, 0.05) is 17.3 Å². The first kappa shape index (κ1) is 21.8. The molecule has 7 heteroatoms. The lowest BCUT2D eigenvalue weighted by Gasteiger charge is -2.15. The number of anilines is 1. The normalized spacial score (nSPS) is 11.2. The molecule has 3 nitrogen and oxygen atoms in total. The number of aryl methyl sites for hydroxylation is 1. The number of hydrogen-bond acceptors (Lipinski definition) is 3. The van der Waals surface area contributed by atoms with Crippen LogP contribution in [0.15, 0.2) is 30.3 Å². The highest BCUT2D eigenvalue weighted by atomic mass is 35.5. The van der Waals surface area contributed by atoms with E-state index in [-0.39, 0.29) is 35.6 Å². The number of hydrogen-bond donors (Lipinski definition) is 2. The summed E-state index contributed by atoms with van der Waals surface area (Å²) in [7, 11) is 0. The smallest absolute Gasteiger partial charge is 0.181 e. The van der Waals surface area contributed by atoms with Crippen LogP contribution in [0.25, 0.3) is 0 Å². The zero-order chi connectivity index (χ0) is 15.6. The zero-order valence-electron chi connectivity index (χ0n) is 12.8. The van der Waals surface area contributed by atoms with Crippen LogP contribution in [0, 0.1) is 12.7 Å². The largest absolute Gasteiger partial charge is 0.453 e. The van der Waals surface area contributed by atoms with E-state index in [0.29, 0.717) is 23.4 Å². The molecule has 0 saturated carbocycles.